The van der Waals surface area contributed by atoms with Crippen molar-refractivity contribution in [1.82, 2.24) is 9.88 Å². The van der Waals surface area contributed by atoms with E-state index in [1.165, 1.54) is 11.8 Å². The topological polar surface area (TPSA) is 74.0 Å². The fraction of sp³-hybridized carbons (Fsp3) is 0.160. The lowest BCUT2D eigenvalue weighted by Gasteiger charge is -2.13. The molecule has 33 heavy (non-hydrogen) atoms. The van der Waals surface area contributed by atoms with Gasteiger partial charge < -0.3 is 9.40 Å². The molecule has 1 saturated heterocycles. The molecule has 8 heteroatoms. The summed E-state index contributed by atoms with van der Waals surface area (Å²) < 4.78 is 5.44. The quantitative estimate of drug-likeness (QED) is 0.261. The molecule has 1 aliphatic rings. The molecule has 0 radical (unpaired) electrons. The Bertz CT molecular complexity index is 1340. The summed E-state index contributed by atoms with van der Waals surface area (Å²) in [5.41, 5.74) is 3.87. The molecular weight excluding hydrogens is 456 g/mol. The van der Waals surface area contributed by atoms with Gasteiger partial charge in [0, 0.05) is 21.5 Å². The molecule has 5 rings (SSSR count). The molecule has 0 saturated carbocycles. The van der Waals surface area contributed by atoms with Gasteiger partial charge in [-0.1, -0.05) is 60.6 Å². The lowest BCUT2D eigenvalue weighted by Crippen LogP contribution is -2.31. The van der Waals surface area contributed by atoms with E-state index >= 15 is 0 Å². The number of amides is 1. The summed E-state index contributed by atoms with van der Waals surface area (Å²) in [5.74, 6) is 0.737. The second kappa shape index (κ2) is 9.29. The SMILES string of the molecule is CCC1S/C(=N\N=C\c2c(-c3ccc(Cl)cc3)[nH]c3ccccc23)N(Cc2ccco2)C1=O. The number of benzene rings is 2. The summed E-state index contributed by atoms with van der Waals surface area (Å²) in [6.07, 6.45) is 4.07. The van der Waals surface area contributed by atoms with E-state index in [4.69, 9.17) is 16.0 Å². The summed E-state index contributed by atoms with van der Waals surface area (Å²) in [6, 6.07) is 19.4. The van der Waals surface area contributed by atoms with Crippen molar-refractivity contribution < 1.29 is 9.21 Å². The van der Waals surface area contributed by atoms with Crippen molar-refractivity contribution in [3.05, 3.63) is 83.3 Å². The Hall–Kier alpha value is -3.29. The predicted octanol–water partition coefficient (Wildman–Crippen LogP) is 6.33. The van der Waals surface area contributed by atoms with Crippen molar-refractivity contribution in [3.8, 4) is 11.3 Å². The molecule has 6 nitrogen and oxygen atoms in total. The lowest BCUT2D eigenvalue weighted by molar-refractivity contribution is -0.126. The van der Waals surface area contributed by atoms with Crippen LogP contribution in [0.25, 0.3) is 22.2 Å². The maximum Gasteiger partial charge on any atom is 0.242 e. The standard InChI is InChI=1S/C25H21ClN4O2S/c1-2-22-24(31)30(15-18-6-5-13-32-18)25(33-22)29-27-14-20-19-7-3-4-8-21(19)28-23(20)16-9-11-17(26)12-10-16/h3-14,22,28H,2,15H2,1H3/b27-14+,29-25-. The van der Waals surface area contributed by atoms with Crippen LogP contribution in [-0.2, 0) is 11.3 Å². The number of furan rings is 1. The molecule has 1 atom stereocenters. The Labute approximate surface area is 200 Å². The van der Waals surface area contributed by atoms with Crippen LogP contribution in [0.15, 0.2) is 81.5 Å². The molecule has 1 fully saturated rings. The number of halogens is 1. The van der Waals surface area contributed by atoms with Gasteiger partial charge in [-0.2, -0.15) is 5.10 Å². The summed E-state index contributed by atoms with van der Waals surface area (Å²) in [7, 11) is 0. The average molecular weight is 477 g/mol. The third-order valence-corrected chi connectivity index (χ3v) is 7.08. The zero-order valence-corrected chi connectivity index (χ0v) is 19.4. The number of carbonyl (C=O) groups is 1. The zero-order chi connectivity index (χ0) is 22.8. The van der Waals surface area contributed by atoms with Crippen molar-refractivity contribution in [2.45, 2.75) is 25.1 Å². The van der Waals surface area contributed by atoms with E-state index in [1.807, 2.05) is 67.6 Å². The number of nitrogens with one attached hydrogen (secondary N) is 1. The third-order valence-electron chi connectivity index (χ3n) is 5.49. The number of rotatable bonds is 6. The molecule has 0 aliphatic carbocycles. The minimum absolute atomic E-state index is 0.0294. The number of aromatic amines is 1. The van der Waals surface area contributed by atoms with Crippen molar-refractivity contribution in [3.63, 3.8) is 0 Å². The number of carbonyl (C=O) groups excluding carboxylic acids is 1. The van der Waals surface area contributed by atoms with Crippen molar-refractivity contribution in [2.24, 2.45) is 10.2 Å². The fourth-order valence-electron chi connectivity index (χ4n) is 3.83. The minimum atomic E-state index is -0.161. The zero-order valence-electron chi connectivity index (χ0n) is 17.9. The first-order valence-corrected chi connectivity index (χ1v) is 11.9. The van der Waals surface area contributed by atoms with E-state index in [0.29, 0.717) is 22.5 Å². The molecule has 166 valence electrons. The van der Waals surface area contributed by atoms with E-state index < -0.39 is 0 Å². The van der Waals surface area contributed by atoms with Gasteiger partial charge in [0.1, 0.15) is 5.76 Å². The van der Waals surface area contributed by atoms with Crippen LogP contribution < -0.4 is 0 Å². The summed E-state index contributed by atoms with van der Waals surface area (Å²) in [6.45, 7) is 2.34. The highest BCUT2D eigenvalue weighted by Gasteiger charge is 2.37. The smallest absolute Gasteiger partial charge is 0.242 e. The predicted molar refractivity (Wildman–Crippen MR) is 135 cm³/mol. The Balaban J connectivity index is 1.50. The number of hydrogen-bond acceptors (Lipinski definition) is 5. The number of aromatic nitrogens is 1. The van der Waals surface area contributed by atoms with E-state index in [1.54, 1.807) is 17.4 Å². The Morgan fingerprint density at radius 1 is 1.15 bits per heavy atom. The molecule has 2 aromatic heterocycles. The van der Waals surface area contributed by atoms with Gasteiger partial charge in [0.2, 0.25) is 5.91 Å². The number of nitrogens with zero attached hydrogens (tertiary/aromatic N) is 3. The first-order valence-electron chi connectivity index (χ1n) is 10.6. The number of amidine groups is 1. The Morgan fingerprint density at radius 3 is 2.73 bits per heavy atom. The van der Waals surface area contributed by atoms with Gasteiger partial charge in [-0.25, -0.2) is 0 Å². The Kier molecular flexibility index (Phi) is 6.07. The molecule has 4 aromatic rings. The number of thioether (sulfide) groups is 1. The fourth-order valence-corrected chi connectivity index (χ4v) is 4.98. The molecule has 2 aromatic carbocycles. The van der Waals surface area contributed by atoms with Gasteiger partial charge in [-0.3, -0.25) is 9.69 Å². The van der Waals surface area contributed by atoms with Crippen LogP contribution in [-0.4, -0.2) is 32.4 Å². The van der Waals surface area contributed by atoms with Gasteiger partial charge in [0.15, 0.2) is 5.17 Å². The highest BCUT2D eigenvalue weighted by molar-refractivity contribution is 8.15. The number of para-hydroxylation sites is 1. The van der Waals surface area contributed by atoms with E-state index in [0.717, 1.165) is 34.1 Å². The largest absolute Gasteiger partial charge is 0.467 e. The van der Waals surface area contributed by atoms with Crippen molar-refractivity contribution in [1.29, 1.82) is 0 Å². The second-order valence-electron chi connectivity index (χ2n) is 7.61. The molecule has 0 bridgehead atoms. The molecule has 3 heterocycles. The first-order chi connectivity index (χ1) is 16.1. The number of hydrogen-bond donors (Lipinski definition) is 1. The van der Waals surface area contributed by atoms with Crippen LogP contribution in [0.3, 0.4) is 0 Å². The van der Waals surface area contributed by atoms with Crippen LogP contribution in [0.1, 0.15) is 24.7 Å². The van der Waals surface area contributed by atoms with Crippen molar-refractivity contribution in [2.75, 3.05) is 0 Å². The van der Waals surface area contributed by atoms with E-state index in [-0.39, 0.29) is 11.2 Å². The number of fused-ring (bicyclic) bond motifs is 1. The maximum absolute atomic E-state index is 12.8. The van der Waals surface area contributed by atoms with Gasteiger partial charge in [0.25, 0.3) is 0 Å². The molecule has 1 unspecified atom stereocenters. The van der Waals surface area contributed by atoms with Gasteiger partial charge in [-0.05, 0) is 42.3 Å². The normalized spacial score (nSPS) is 17.8. The van der Waals surface area contributed by atoms with Crippen LogP contribution in [0.4, 0.5) is 0 Å². The highest BCUT2D eigenvalue weighted by Crippen LogP contribution is 2.32. The van der Waals surface area contributed by atoms with E-state index in [2.05, 4.69) is 15.2 Å². The molecule has 0 spiro atoms. The molecular formula is C25H21ClN4O2S. The van der Waals surface area contributed by atoms with Gasteiger partial charge in [-0.15, -0.1) is 5.10 Å². The molecule has 1 amide bonds. The van der Waals surface area contributed by atoms with Crippen LogP contribution >= 0.6 is 23.4 Å². The lowest BCUT2D eigenvalue weighted by atomic mass is 10.1. The maximum atomic E-state index is 12.8. The molecule has 1 aliphatic heterocycles. The summed E-state index contributed by atoms with van der Waals surface area (Å²) >= 11 is 7.52. The van der Waals surface area contributed by atoms with E-state index in [9.17, 15) is 4.79 Å². The molecule has 1 N–H and O–H groups in total. The number of H-pyrrole nitrogens is 1. The summed E-state index contributed by atoms with van der Waals surface area (Å²) in [4.78, 5) is 17.9. The first kappa shape index (κ1) is 21.6. The van der Waals surface area contributed by atoms with Crippen molar-refractivity contribution >= 4 is 51.6 Å². The monoisotopic (exact) mass is 476 g/mol. The average Bonchev–Trinajstić information content (AvgIpc) is 3.54. The second-order valence-corrected chi connectivity index (χ2v) is 9.22. The van der Waals surface area contributed by atoms with Gasteiger partial charge in [0.05, 0.1) is 30.0 Å². The third kappa shape index (κ3) is 4.34. The Morgan fingerprint density at radius 2 is 1.97 bits per heavy atom. The van der Waals surface area contributed by atoms with Gasteiger partial charge >= 0.3 is 0 Å². The highest BCUT2D eigenvalue weighted by atomic mass is 35.5. The van der Waals surface area contributed by atoms with Crippen LogP contribution in [0.5, 0.6) is 0 Å². The minimum Gasteiger partial charge on any atom is -0.467 e. The summed E-state index contributed by atoms with van der Waals surface area (Å²) in [5, 5.41) is 11.0. The van der Waals surface area contributed by atoms with Crippen LogP contribution in [0, 0.1) is 0 Å². The van der Waals surface area contributed by atoms with Crippen LogP contribution in [0.2, 0.25) is 5.02 Å².